The predicted octanol–water partition coefficient (Wildman–Crippen LogP) is 2.65. The van der Waals surface area contributed by atoms with Crippen LogP contribution < -0.4 is 5.73 Å². The SMILES string of the molecule is Cc1cc(C)cc(CN2CCC(N)CC2)c1.Cl. The number of rotatable bonds is 2. The Hall–Kier alpha value is -0.570. The second-order valence-electron chi connectivity index (χ2n) is 5.11. The Morgan fingerprint density at radius 2 is 1.65 bits per heavy atom. The maximum absolute atomic E-state index is 5.91. The fourth-order valence-corrected chi connectivity index (χ4v) is 2.53. The van der Waals surface area contributed by atoms with Gasteiger partial charge in [0.1, 0.15) is 0 Å². The van der Waals surface area contributed by atoms with Gasteiger partial charge < -0.3 is 5.73 Å². The van der Waals surface area contributed by atoms with Gasteiger partial charge in [-0.1, -0.05) is 29.3 Å². The van der Waals surface area contributed by atoms with Gasteiger partial charge in [0.2, 0.25) is 0 Å². The van der Waals surface area contributed by atoms with Crippen LogP contribution in [0.2, 0.25) is 0 Å². The zero-order valence-corrected chi connectivity index (χ0v) is 11.6. The second kappa shape index (κ2) is 6.39. The molecule has 2 rings (SSSR count). The van der Waals surface area contributed by atoms with Crippen molar-refractivity contribution >= 4 is 12.4 Å². The number of nitrogens with zero attached hydrogens (tertiary/aromatic N) is 1. The lowest BCUT2D eigenvalue weighted by Gasteiger charge is -2.30. The van der Waals surface area contributed by atoms with Crippen molar-refractivity contribution in [2.24, 2.45) is 5.73 Å². The molecule has 3 heteroatoms. The number of halogens is 1. The summed E-state index contributed by atoms with van der Waals surface area (Å²) in [6, 6.07) is 7.24. The quantitative estimate of drug-likeness (QED) is 0.879. The molecule has 2 nitrogen and oxygen atoms in total. The van der Waals surface area contributed by atoms with Crippen molar-refractivity contribution in [3.05, 3.63) is 34.9 Å². The molecule has 17 heavy (non-hydrogen) atoms. The van der Waals surface area contributed by atoms with Crippen LogP contribution in [0.15, 0.2) is 18.2 Å². The Morgan fingerprint density at radius 3 is 2.18 bits per heavy atom. The van der Waals surface area contributed by atoms with Crippen LogP contribution in [0, 0.1) is 13.8 Å². The Balaban J connectivity index is 0.00000144. The minimum absolute atomic E-state index is 0. The number of hydrogen-bond acceptors (Lipinski definition) is 2. The summed E-state index contributed by atoms with van der Waals surface area (Å²) in [6.45, 7) is 7.71. The van der Waals surface area contributed by atoms with E-state index in [9.17, 15) is 0 Å². The fraction of sp³-hybridized carbons (Fsp3) is 0.571. The molecule has 1 saturated heterocycles. The molecule has 1 aromatic carbocycles. The van der Waals surface area contributed by atoms with Gasteiger partial charge in [-0.25, -0.2) is 0 Å². The van der Waals surface area contributed by atoms with Gasteiger partial charge in [-0.2, -0.15) is 0 Å². The van der Waals surface area contributed by atoms with Crippen LogP contribution in [0.5, 0.6) is 0 Å². The summed E-state index contributed by atoms with van der Waals surface area (Å²) in [5.74, 6) is 0. The third-order valence-electron chi connectivity index (χ3n) is 3.32. The van der Waals surface area contributed by atoms with E-state index in [2.05, 4.69) is 36.9 Å². The topological polar surface area (TPSA) is 29.3 Å². The highest BCUT2D eigenvalue weighted by Crippen LogP contribution is 2.15. The molecule has 0 atom stereocenters. The number of benzene rings is 1. The van der Waals surface area contributed by atoms with E-state index in [1.807, 2.05) is 0 Å². The van der Waals surface area contributed by atoms with Crippen LogP contribution >= 0.6 is 12.4 Å². The van der Waals surface area contributed by atoms with Crippen molar-refractivity contribution in [1.82, 2.24) is 4.90 Å². The van der Waals surface area contributed by atoms with E-state index >= 15 is 0 Å². The lowest BCUT2D eigenvalue weighted by molar-refractivity contribution is 0.205. The molecule has 0 amide bonds. The average Bonchev–Trinajstić information content (AvgIpc) is 2.20. The zero-order chi connectivity index (χ0) is 11.5. The van der Waals surface area contributed by atoms with Crippen LogP contribution in [-0.4, -0.2) is 24.0 Å². The third-order valence-corrected chi connectivity index (χ3v) is 3.32. The fourth-order valence-electron chi connectivity index (χ4n) is 2.53. The van der Waals surface area contributed by atoms with Gasteiger partial charge in [-0.3, -0.25) is 4.90 Å². The van der Waals surface area contributed by atoms with Crippen molar-refractivity contribution in [2.75, 3.05) is 13.1 Å². The molecular formula is C14H23ClN2. The van der Waals surface area contributed by atoms with Gasteiger partial charge in [-0.05, 0) is 45.3 Å². The van der Waals surface area contributed by atoms with Crippen molar-refractivity contribution in [1.29, 1.82) is 0 Å². The second-order valence-corrected chi connectivity index (χ2v) is 5.11. The molecule has 1 aliphatic heterocycles. The normalized spacial score (nSPS) is 17.8. The Labute approximate surface area is 111 Å². The van der Waals surface area contributed by atoms with Gasteiger partial charge in [0.05, 0.1) is 0 Å². The van der Waals surface area contributed by atoms with Gasteiger partial charge in [0, 0.05) is 12.6 Å². The van der Waals surface area contributed by atoms with Crippen LogP contribution in [0.4, 0.5) is 0 Å². The third kappa shape index (κ3) is 4.30. The molecule has 0 aliphatic carbocycles. The van der Waals surface area contributed by atoms with Crippen LogP contribution in [0.25, 0.3) is 0 Å². The van der Waals surface area contributed by atoms with Crippen LogP contribution in [0.3, 0.4) is 0 Å². The van der Waals surface area contributed by atoms with E-state index in [0.717, 1.165) is 32.5 Å². The average molecular weight is 255 g/mol. The predicted molar refractivity (Wildman–Crippen MR) is 75.7 cm³/mol. The zero-order valence-electron chi connectivity index (χ0n) is 10.8. The van der Waals surface area contributed by atoms with Crippen molar-refractivity contribution in [3.63, 3.8) is 0 Å². The molecule has 0 bridgehead atoms. The van der Waals surface area contributed by atoms with E-state index < -0.39 is 0 Å². The summed E-state index contributed by atoms with van der Waals surface area (Å²) in [5, 5.41) is 0. The maximum Gasteiger partial charge on any atom is 0.0233 e. The van der Waals surface area contributed by atoms with E-state index in [-0.39, 0.29) is 12.4 Å². The summed E-state index contributed by atoms with van der Waals surface area (Å²) < 4.78 is 0. The van der Waals surface area contributed by atoms with Gasteiger partial charge >= 0.3 is 0 Å². The lowest BCUT2D eigenvalue weighted by atomic mass is 10.0. The first-order chi connectivity index (χ1) is 7.63. The highest BCUT2D eigenvalue weighted by molar-refractivity contribution is 5.85. The molecule has 1 aliphatic rings. The Morgan fingerprint density at radius 1 is 1.12 bits per heavy atom. The Kier molecular flexibility index (Phi) is 5.44. The minimum Gasteiger partial charge on any atom is -0.328 e. The minimum atomic E-state index is 0. The first-order valence-corrected chi connectivity index (χ1v) is 6.18. The Bertz CT molecular complexity index is 337. The molecule has 0 radical (unpaired) electrons. The van der Waals surface area contributed by atoms with Crippen molar-refractivity contribution < 1.29 is 0 Å². The summed E-state index contributed by atoms with van der Waals surface area (Å²) in [7, 11) is 0. The van der Waals surface area contributed by atoms with E-state index in [1.165, 1.54) is 16.7 Å². The highest BCUT2D eigenvalue weighted by atomic mass is 35.5. The summed E-state index contributed by atoms with van der Waals surface area (Å²) >= 11 is 0. The summed E-state index contributed by atoms with van der Waals surface area (Å²) in [6.07, 6.45) is 2.29. The van der Waals surface area contributed by atoms with E-state index in [4.69, 9.17) is 5.73 Å². The standard InChI is InChI=1S/C14H22N2.ClH/c1-11-7-12(2)9-13(8-11)10-16-5-3-14(15)4-6-16;/h7-9,14H,3-6,10,15H2,1-2H3;1H. The van der Waals surface area contributed by atoms with Crippen molar-refractivity contribution in [2.45, 2.75) is 39.3 Å². The number of nitrogens with two attached hydrogens (primary N) is 1. The van der Waals surface area contributed by atoms with E-state index in [1.54, 1.807) is 0 Å². The number of likely N-dealkylation sites (tertiary alicyclic amines) is 1. The molecule has 0 spiro atoms. The summed E-state index contributed by atoms with van der Waals surface area (Å²) in [5.41, 5.74) is 10.1. The monoisotopic (exact) mass is 254 g/mol. The first kappa shape index (κ1) is 14.5. The summed E-state index contributed by atoms with van der Waals surface area (Å²) in [4.78, 5) is 2.51. The molecule has 0 saturated carbocycles. The lowest BCUT2D eigenvalue weighted by Crippen LogP contribution is -2.39. The van der Waals surface area contributed by atoms with Gasteiger partial charge in [0.15, 0.2) is 0 Å². The van der Waals surface area contributed by atoms with Gasteiger partial charge in [0.25, 0.3) is 0 Å². The molecule has 1 aromatic rings. The molecule has 0 unspecified atom stereocenters. The van der Waals surface area contributed by atoms with Crippen LogP contribution in [0.1, 0.15) is 29.5 Å². The molecule has 1 heterocycles. The highest BCUT2D eigenvalue weighted by Gasteiger charge is 2.15. The largest absolute Gasteiger partial charge is 0.328 e. The van der Waals surface area contributed by atoms with Gasteiger partial charge in [-0.15, -0.1) is 12.4 Å². The molecule has 96 valence electrons. The van der Waals surface area contributed by atoms with Crippen LogP contribution in [-0.2, 0) is 6.54 Å². The smallest absolute Gasteiger partial charge is 0.0233 e. The first-order valence-electron chi connectivity index (χ1n) is 6.18. The van der Waals surface area contributed by atoms with Crippen molar-refractivity contribution in [3.8, 4) is 0 Å². The maximum atomic E-state index is 5.91. The van der Waals surface area contributed by atoms with E-state index in [0.29, 0.717) is 6.04 Å². The molecular weight excluding hydrogens is 232 g/mol. The number of hydrogen-bond donors (Lipinski definition) is 1. The molecule has 0 aromatic heterocycles. The molecule has 2 N–H and O–H groups in total. The molecule has 1 fully saturated rings. The number of piperidine rings is 1. The number of aryl methyl sites for hydroxylation is 2.